The lowest BCUT2D eigenvalue weighted by molar-refractivity contribution is -0.145. The zero-order chi connectivity index (χ0) is 15.1. The van der Waals surface area contributed by atoms with Crippen LogP contribution in [-0.4, -0.2) is 35.0 Å². The summed E-state index contributed by atoms with van der Waals surface area (Å²) in [5.74, 6) is -0.906. The van der Waals surface area contributed by atoms with Gasteiger partial charge >= 0.3 is 5.97 Å². The van der Waals surface area contributed by atoms with Crippen LogP contribution >= 0.6 is 0 Å². The molecule has 1 aliphatic heterocycles. The van der Waals surface area contributed by atoms with E-state index in [1.165, 1.54) is 0 Å². The smallest absolute Gasteiger partial charge is 0.306 e. The summed E-state index contributed by atoms with van der Waals surface area (Å²) >= 11 is 0. The molecule has 4 nitrogen and oxygen atoms in total. The van der Waals surface area contributed by atoms with Gasteiger partial charge in [-0.3, -0.25) is 9.59 Å². The van der Waals surface area contributed by atoms with Crippen molar-refractivity contribution in [3.63, 3.8) is 0 Å². The molecule has 2 rings (SSSR count). The first kappa shape index (κ1) is 15.3. The molecule has 1 amide bonds. The summed E-state index contributed by atoms with van der Waals surface area (Å²) in [6.07, 6.45) is 6.37. The molecule has 1 heterocycles. The number of benzene rings is 1. The van der Waals surface area contributed by atoms with E-state index in [0.29, 0.717) is 38.8 Å². The number of nitrogens with zero attached hydrogens (tertiary/aromatic N) is 1. The van der Waals surface area contributed by atoms with E-state index in [0.717, 1.165) is 5.56 Å². The molecule has 0 aromatic heterocycles. The predicted octanol–water partition coefficient (Wildman–Crippen LogP) is 2.80. The lowest BCUT2D eigenvalue weighted by atomic mass is 9.97. The lowest BCUT2D eigenvalue weighted by Crippen LogP contribution is -2.40. The van der Waals surface area contributed by atoms with Gasteiger partial charge in [0.2, 0.25) is 5.91 Å². The highest BCUT2D eigenvalue weighted by Gasteiger charge is 2.26. The third-order valence-electron chi connectivity index (χ3n) is 3.83. The van der Waals surface area contributed by atoms with Gasteiger partial charge in [0.1, 0.15) is 0 Å². The summed E-state index contributed by atoms with van der Waals surface area (Å²) in [6.45, 7) is 1.14. The molecule has 112 valence electrons. The number of aliphatic carboxylic acids is 1. The first-order valence-electron chi connectivity index (χ1n) is 7.39. The van der Waals surface area contributed by atoms with Crippen molar-refractivity contribution in [1.29, 1.82) is 0 Å². The third-order valence-corrected chi connectivity index (χ3v) is 3.83. The summed E-state index contributed by atoms with van der Waals surface area (Å²) in [5.41, 5.74) is 1.13. The Morgan fingerprint density at radius 1 is 1.19 bits per heavy atom. The van der Waals surface area contributed by atoms with E-state index in [4.69, 9.17) is 5.11 Å². The molecule has 0 unspecified atom stereocenters. The summed E-state index contributed by atoms with van der Waals surface area (Å²) in [6, 6.07) is 9.99. The number of carboxylic acid groups (broad SMARTS) is 1. The van der Waals surface area contributed by atoms with E-state index < -0.39 is 5.97 Å². The first-order valence-corrected chi connectivity index (χ1v) is 7.39. The molecule has 4 heteroatoms. The molecule has 1 aromatic carbocycles. The maximum absolute atomic E-state index is 12.0. The van der Waals surface area contributed by atoms with E-state index in [2.05, 4.69) is 0 Å². The summed E-state index contributed by atoms with van der Waals surface area (Å²) in [7, 11) is 0. The van der Waals surface area contributed by atoms with Crippen molar-refractivity contribution < 1.29 is 14.7 Å². The molecule has 1 aromatic rings. The fourth-order valence-corrected chi connectivity index (χ4v) is 2.52. The summed E-state index contributed by atoms with van der Waals surface area (Å²) < 4.78 is 0. The van der Waals surface area contributed by atoms with Crippen LogP contribution in [0.15, 0.2) is 36.4 Å². The van der Waals surface area contributed by atoms with Gasteiger partial charge in [-0.1, -0.05) is 42.5 Å². The minimum Gasteiger partial charge on any atom is -0.481 e. The lowest BCUT2D eigenvalue weighted by Gasteiger charge is -2.30. The molecule has 0 saturated carbocycles. The second-order valence-electron chi connectivity index (χ2n) is 5.35. The van der Waals surface area contributed by atoms with Crippen LogP contribution in [0, 0.1) is 5.92 Å². The van der Waals surface area contributed by atoms with Crippen LogP contribution in [0.1, 0.15) is 31.2 Å². The van der Waals surface area contributed by atoms with Crippen molar-refractivity contribution in [3.8, 4) is 0 Å². The van der Waals surface area contributed by atoms with Gasteiger partial charge in [-0.2, -0.15) is 0 Å². The molecule has 0 bridgehead atoms. The predicted molar refractivity (Wildman–Crippen MR) is 81.6 cm³/mol. The van der Waals surface area contributed by atoms with Crippen molar-refractivity contribution in [2.45, 2.75) is 25.7 Å². The molecular formula is C17H21NO3. The maximum atomic E-state index is 12.0. The number of hydrogen-bond donors (Lipinski definition) is 1. The van der Waals surface area contributed by atoms with Crippen molar-refractivity contribution in [2.24, 2.45) is 5.92 Å². The SMILES string of the molecule is O=C(O)C1CCN(C(=O)CC/C=C/c2ccccc2)CC1. The highest BCUT2D eigenvalue weighted by molar-refractivity contribution is 5.77. The van der Waals surface area contributed by atoms with E-state index in [1.54, 1.807) is 4.90 Å². The first-order chi connectivity index (χ1) is 10.2. The molecule has 0 aliphatic carbocycles. The molecule has 0 radical (unpaired) electrons. The van der Waals surface area contributed by atoms with E-state index in [-0.39, 0.29) is 11.8 Å². The van der Waals surface area contributed by atoms with Crippen molar-refractivity contribution in [3.05, 3.63) is 42.0 Å². The van der Waals surface area contributed by atoms with Gasteiger partial charge in [0.05, 0.1) is 5.92 Å². The quantitative estimate of drug-likeness (QED) is 0.906. The average Bonchev–Trinajstić information content (AvgIpc) is 2.52. The Bertz CT molecular complexity index is 502. The fourth-order valence-electron chi connectivity index (χ4n) is 2.52. The van der Waals surface area contributed by atoms with Gasteiger partial charge in [0, 0.05) is 19.5 Å². The Kier molecular flexibility index (Phi) is 5.55. The molecule has 1 N–H and O–H groups in total. The topological polar surface area (TPSA) is 57.6 Å². The summed E-state index contributed by atoms with van der Waals surface area (Å²) in [5, 5.41) is 8.93. The van der Waals surface area contributed by atoms with E-state index in [1.807, 2.05) is 42.5 Å². The van der Waals surface area contributed by atoms with Crippen molar-refractivity contribution in [1.82, 2.24) is 4.90 Å². The monoisotopic (exact) mass is 287 g/mol. The number of amides is 1. The summed E-state index contributed by atoms with van der Waals surface area (Å²) in [4.78, 5) is 24.7. The molecule has 1 fully saturated rings. The zero-order valence-electron chi connectivity index (χ0n) is 12.1. The number of allylic oxidation sites excluding steroid dienone is 1. The van der Waals surface area contributed by atoms with E-state index in [9.17, 15) is 9.59 Å². The largest absolute Gasteiger partial charge is 0.481 e. The standard InChI is InChI=1S/C17H21NO3/c19-16(18-12-10-15(11-13-18)17(20)21)9-5-4-8-14-6-2-1-3-7-14/h1-4,6-8,15H,5,9-13H2,(H,20,21)/b8-4+. The van der Waals surface area contributed by atoms with Crippen molar-refractivity contribution >= 4 is 18.0 Å². The Labute approximate surface area is 125 Å². The number of carbonyl (C=O) groups excluding carboxylic acids is 1. The van der Waals surface area contributed by atoms with Gasteiger partial charge in [0.15, 0.2) is 0 Å². The van der Waals surface area contributed by atoms with Crippen LogP contribution in [0.2, 0.25) is 0 Å². The second-order valence-corrected chi connectivity index (χ2v) is 5.35. The molecule has 0 spiro atoms. The minimum atomic E-state index is -0.743. The molecule has 0 atom stereocenters. The van der Waals surface area contributed by atoms with Crippen LogP contribution < -0.4 is 0 Å². The Balaban J connectivity index is 1.71. The second kappa shape index (κ2) is 7.62. The van der Waals surface area contributed by atoms with Crippen LogP contribution in [-0.2, 0) is 9.59 Å². The van der Waals surface area contributed by atoms with Crippen LogP contribution in [0.5, 0.6) is 0 Å². The highest BCUT2D eigenvalue weighted by Crippen LogP contribution is 2.18. The number of piperidine rings is 1. The third kappa shape index (κ3) is 4.74. The van der Waals surface area contributed by atoms with Gasteiger partial charge < -0.3 is 10.0 Å². The number of likely N-dealkylation sites (tertiary alicyclic amines) is 1. The van der Waals surface area contributed by atoms with Crippen molar-refractivity contribution in [2.75, 3.05) is 13.1 Å². The zero-order valence-corrected chi connectivity index (χ0v) is 12.1. The number of carboxylic acids is 1. The molecule has 1 saturated heterocycles. The van der Waals surface area contributed by atoms with Crippen LogP contribution in [0.3, 0.4) is 0 Å². The van der Waals surface area contributed by atoms with Gasteiger partial charge in [0.25, 0.3) is 0 Å². The maximum Gasteiger partial charge on any atom is 0.306 e. The van der Waals surface area contributed by atoms with Gasteiger partial charge in [-0.25, -0.2) is 0 Å². The Morgan fingerprint density at radius 2 is 1.86 bits per heavy atom. The Morgan fingerprint density at radius 3 is 2.48 bits per heavy atom. The number of rotatable bonds is 5. The molecule has 21 heavy (non-hydrogen) atoms. The number of carbonyl (C=O) groups is 2. The number of hydrogen-bond acceptors (Lipinski definition) is 2. The normalized spacial score (nSPS) is 16.3. The average molecular weight is 287 g/mol. The molecular weight excluding hydrogens is 266 g/mol. The Hall–Kier alpha value is -2.10. The van der Waals surface area contributed by atoms with Crippen LogP contribution in [0.4, 0.5) is 0 Å². The minimum absolute atomic E-state index is 0.122. The van der Waals surface area contributed by atoms with Gasteiger partial charge in [-0.05, 0) is 24.8 Å². The highest BCUT2D eigenvalue weighted by atomic mass is 16.4. The van der Waals surface area contributed by atoms with Gasteiger partial charge in [-0.15, -0.1) is 0 Å². The van der Waals surface area contributed by atoms with E-state index >= 15 is 0 Å². The fraction of sp³-hybridized carbons (Fsp3) is 0.412. The molecule has 1 aliphatic rings. The van der Waals surface area contributed by atoms with Crippen LogP contribution in [0.25, 0.3) is 6.08 Å².